The molecule has 0 heterocycles. The van der Waals surface area contributed by atoms with E-state index < -0.39 is 0 Å². The third kappa shape index (κ3) is 4.30. The molecule has 0 saturated carbocycles. The van der Waals surface area contributed by atoms with E-state index in [2.05, 4.69) is 0 Å². The van der Waals surface area contributed by atoms with Gasteiger partial charge in [-0.05, 0) is 18.4 Å². The van der Waals surface area contributed by atoms with Crippen LogP contribution in [0.4, 0.5) is 0 Å². The summed E-state index contributed by atoms with van der Waals surface area (Å²) in [5, 5.41) is 0. The van der Waals surface area contributed by atoms with E-state index in [4.69, 9.17) is 4.74 Å². The van der Waals surface area contributed by atoms with Gasteiger partial charge in [0.2, 0.25) is 0 Å². The van der Waals surface area contributed by atoms with E-state index in [0.717, 1.165) is 0 Å². The van der Waals surface area contributed by atoms with Crippen molar-refractivity contribution >= 4 is 5.97 Å². The zero-order valence-corrected chi connectivity index (χ0v) is 9.85. The fourth-order valence-corrected chi connectivity index (χ4v) is 1.45. The average Bonchev–Trinajstić information content (AvgIpc) is 2.30. The number of esters is 1. The van der Waals surface area contributed by atoms with Crippen molar-refractivity contribution in [2.24, 2.45) is 0 Å². The van der Waals surface area contributed by atoms with Crippen LogP contribution in [-0.4, -0.2) is 12.6 Å². The number of rotatable bonds is 5. The molecule has 0 aromatic heterocycles. The monoisotopic (exact) mass is 218 g/mol. The van der Waals surface area contributed by atoms with Crippen LogP contribution in [0, 0.1) is 0 Å². The summed E-state index contributed by atoms with van der Waals surface area (Å²) in [5.41, 5.74) is 1.17. The minimum absolute atomic E-state index is 0.144. The molecule has 0 spiro atoms. The zero-order valence-electron chi connectivity index (χ0n) is 9.85. The average molecular weight is 218 g/mol. The number of carbonyl (C=O) groups excluding carboxylic acids is 1. The summed E-state index contributed by atoms with van der Waals surface area (Å²) in [6, 6.07) is 10.0. The maximum atomic E-state index is 11.4. The molecule has 0 fully saturated rings. The van der Waals surface area contributed by atoms with Gasteiger partial charge in [-0.15, -0.1) is 0 Å². The zero-order chi connectivity index (χ0) is 11.8. The number of allylic oxidation sites excluding steroid dienone is 1. The van der Waals surface area contributed by atoms with Crippen molar-refractivity contribution in [3.05, 3.63) is 48.0 Å². The molecule has 1 aromatic rings. The summed E-state index contributed by atoms with van der Waals surface area (Å²) in [4.78, 5) is 11.4. The van der Waals surface area contributed by atoms with Gasteiger partial charge in [-0.3, -0.25) is 4.79 Å². The van der Waals surface area contributed by atoms with E-state index in [9.17, 15) is 4.79 Å². The van der Waals surface area contributed by atoms with Crippen LogP contribution in [0.25, 0.3) is 0 Å². The molecule has 0 saturated heterocycles. The van der Waals surface area contributed by atoms with E-state index in [-0.39, 0.29) is 11.9 Å². The van der Waals surface area contributed by atoms with Crippen LogP contribution in [-0.2, 0) is 9.53 Å². The summed E-state index contributed by atoms with van der Waals surface area (Å²) < 4.78 is 5.05. The first-order valence-electron chi connectivity index (χ1n) is 5.55. The van der Waals surface area contributed by atoms with Crippen molar-refractivity contribution in [1.82, 2.24) is 0 Å². The summed E-state index contributed by atoms with van der Waals surface area (Å²) >= 11 is 0. The third-order valence-electron chi connectivity index (χ3n) is 2.42. The lowest BCUT2D eigenvalue weighted by atomic mass is 9.98. The minimum atomic E-state index is -0.144. The van der Waals surface area contributed by atoms with Crippen molar-refractivity contribution in [2.45, 2.75) is 26.2 Å². The molecule has 0 aliphatic heterocycles. The van der Waals surface area contributed by atoms with Crippen LogP contribution in [0.1, 0.15) is 31.7 Å². The Kier molecular flexibility index (Phi) is 5.34. The first-order chi connectivity index (χ1) is 7.74. The van der Waals surface area contributed by atoms with Gasteiger partial charge in [-0.25, -0.2) is 0 Å². The predicted octanol–water partition coefficient (Wildman–Crippen LogP) is 3.30. The molecule has 86 valence electrons. The van der Waals surface area contributed by atoms with Crippen molar-refractivity contribution < 1.29 is 9.53 Å². The topological polar surface area (TPSA) is 26.3 Å². The molecule has 0 aliphatic carbocycles. The predicted molar refractivity (Wildman–Crippen MR) is 65.2 cm³/mol. The lowest BCUT2D eigenvalue weighted by Crippen LogP contribution is -2.08. The lowest BCUT2D eigenvalue weighted by Gasteiger charge is -2.10. The van der Waals surface area contributed by atoms with E-state index in [1.54, 1.807) is 0 Å². The second kappa shape index (κ2) is 6.83. The van der Waals surface area contributed by atoms with Crippen LogP contribution in [0.2, 0.25) is 0 Å². The van der Waals surface area contributed by atoms with Crippen molar-refractivity contribution in [2.75, 3.05) is 6.61 Å². The molecule has 0 aliphatic rings. The van der Waals surface area contributed by atoms with Gasteiger partial charge in [-0.2, -0.15) is 0 Å². The number of carbonyl (C=O) groups is 1. The molecule has 1 aromatic carbocycles. The highest BCUT2D eigenvalue weighted by atomic mass is 16.5. The molecule has 2 heteroatoms. The van der Waals surface area contributed by atoms with Crippen LogP contribution in [0.5, 0.6) is 0 Å². The molecule has 2 nitrogen and oxygen atoms in total. The van der Waals surface area contributed by atoms with Crippen LogP contribution >= 0.6 is 0 Å². The quantitative estimate of drug-likeness (QED) is 0.560. The highest BCUT2D eigenvalue weighted by Crippen LogP contribution is 2.18. The van der Waals surface area contributed by atoms with Gasteiger partial charge in [0, 0.05) is 0 Å². The first-order valence-corrected chi connectivity index (χ1v) is 5.55. The van der Waals surface area contributed by atoms with E-state index in [1.807, 2.05) is 56.3 Å². The minimum Gasteiger partial charge on any atom is -0.461 e. The first kappa shape index (κ1) is 12.5. The number of hydrogen-bond acceptors (Lipinski definition) is 2. The molecular weight excluding hydrogens is 200 g/mol. The standard InChI is InChI=1S/C14H18O2/c1-3-4-10-16-14(15)11-12(2)13-8-6-5-7-9-13/h3-9,12H,10-11H2,1-2H3/b4-3+. The summed E-state index contributed by atoms with van der Waals surface area (Å²) in [7, 11) is 0. The van der Waals surface area contributed by atoms with Gasteiger partial charge in [-0.1, -0.05) is 49.4 Å². The number of ether oxygens (including phenoxy) is 1. The molecule has 16 heavy (non-hydrogen) atoms. The fraction of sp³-hybridized carbons (Fsp3) is 0.357. The summed E-state index contributed by atoms with van der Waals surface area (Å²) in [6.07, 6.45) is 4.13. The number of benzene rings is 1. The lowest BCUT2D eigenvalue weighted by molar-refractivity contribution is -0.142. The van der Waals surface area contributed by atoms with Crippen LogP contribution in [0.15, 0.2) is 42.5 Å². The molecular formula is C14H18O2. The van der Waals surface area contributed by atoms with Gasteiger partial charge < -0.3 is 4.74 Å². The van der Waals surface area contributed by atoms with Crippen molar-refractivity contribution in [1.29, 1.82) is 0 Å². The van der Waals surface area contributed by atoms with Gasteiger partial charge >= 0.3 is 5.97 Å². The molecule has 0 radical (unpaired) electrons. The Bertz CT molecular complexity index is 341. The van der Waals surface area contributed by atoms with Gasteiger partial charge in [0.1, 0.15) is 6.61 Å². The van der Waals surface area contributed by atoms with Crippen LogP contribution in [0.3, 0.4) is 0 Å². The highest BCUT2D eigenvalue weighted by molar-refractivity contribution is 5.70. The van der Waals surface area contributed by atoms with Gasteiger partial charge in [0.25, 0.3) is 0 Å². The second-order valence-corrected chi connectivity index (χ2v) is 3.77. The molecule has 1 unspecified atom stereocenters. The molecule has 0 bridgehead atoms. The molecule has 1 atom stereocenters. The Balaban J connectivity index is 2.39. The largest absolute Gasteiger partial charge is 0.461 e. The Labute approximate surface area is 96.9 Å². The second-order valence-electron chi connectivity index (χ2n) is 3.77. The Hall–Kier alpha value is -1.57. The van der Waals surface area contributed by atoms with Crippen molar-refractivity contribution in [3.8, 4) is 0 Å². The third-order valence-corrected chi connectivity index (χ3v) is 2.42. The SMILES string of the molecule is C/C=C/COC(=O)CC(C)c1ccccc1. The van der Waals surface area contributed by atoms with Crippen molar-refractivity contribution in [3.63, 3.8) is 0 Å². The Morgan fingerprint density at radius 2 is 2.06 bits per heavy atom. The summed E-state index contributed by atoms with van der Waals surface area (Å²) in [5.74, 6) is 0.0637. The molecule has 0 amide bonds. The highest BCUT2D eigenvalue weighted by Gasteiger charge is 2.11. The van der Waals surface area contributed by atoms with Crippen LogP contribution < -0.4 is 0 Å². The number of hydrogen-bond donors (Lipinski definition) is 0. The smallest absolute Gasteiger partial charge is 0.306 e. The Morgan fingerprint density at radius 3 is 2.69 bits per heavy atom. The summed E-state index contributed by atoms with van der Waals surface area (Å²) in [6.45, 7) is 4.31. The molecule has 0 N–H and O–H groups in total. The Morgan fingerprint density at radius 1 is 1.38 bits per heavy atom. The maximum absolute atomic E-state index is 11.4. The fourth-order valence-electron chi connectivity index (χ4n) is 1.45. The van der Waals surface area contributed by atoms with E-state index >= 15 is 0 Å². The van der Waals surface area contributed by atoms with E-state index in [1.165, 1.54) is 5.56 Å². The normalized spacial score (nSPS) is 12.6. The maximum Gasteiger partial charge on any atom is 0.306 e. The van der Waals surface area contributed by atoms with Gasteiger partial charge in [0.15, 0.2) is 0 Å². The van der Waals surface area contributed by atoms with E-state index in [0.29, 0.717) is 13.0 Å². The van der Waals surface area contributed by atoms with Gasteiger partial charge in [0.05, 0.1) is 6.42 Å². The molecule has 1 rings (SSSR count).